The van der Waals surface area contributed by atoms with Crippen molar-refractivity contribution in [1.29, 1.82) is 0 Å². The van der Waals surface area contributed by atoms with Gasteiger partial charge in [-0.2, -0.15) is 0 Å². The molecule has 2 rings (SSSR count). The van der Waals surface area contributed by atoms with Crippen LogP contribution in [0.4, 0.5) is 5.95 Å². The fourth-order valence-corrected chi connectivity index (χ4v) is 2.75. The van der Waals surface area contributed by atoms with Crippen molar-refractivity contribution in [2.24, 2.45) is 0 Å². The van der Waals surface area contributed by atoms with E-state index < -0.39 is 0 Å². The Kier molecular flexibility index (Phi) is 5.02. The van der Waals surface area contributed by atoms with Gasteiger partial charge in [0.05, 0.1) is 5.69 Å². The van der Waals surface area contributed by atoms with E-state index in [1.807, 2.05) is 13.0 Å². The summed E-state index contributed by atoms with van der Waals surface area (Å²) in [5, 5.41) is 3.31. The number of aromatic nitrogens is 2. The van der Waals surface area contributed by atoms with E-state index in [0.29, 0.717) is 6.04 Å². The molecular weight excluding hydrogens is 236 g/mol. The molecule has 106 valence electrons. The standard InChI is InChI=1S/C15H26N4/c1-4-8-16-15-17-13(2)11-19(15)12-14(3)18-9-6-5-7-10-18/h4,11,14H,1,5-10,12H2,2-3H3,(H,16,17). The summed E-state index contributed by atoms with van der Waals surface area (Å²) >= 11 is 0. The van der Waals surface area contributed by atoms with Gasteiger partial charge >= 0.3 is 0 Å². The van der Waals surface area contributed by atoms with Crippen molar-refractivity contribution in [1.82, 2.24) is 14.5 Å². The normalized spacial score (nSPS) is 18.2. The van der Waals surface area contributed by atoms with E-state index in [-0.39, 0.29) is 0 Å². The molecule has 0 amide bonds. The zero-order valence-corrected chi connectivity index (χ0v) is 12.2. The molecule has 1 N–H and O–H groups in total. The lowest BCUT2D eigenvalue weighted by atomic mass is 10.1. The van der Waals surface area contributed by atoms with Gasteiger partial charge in [0.15, 0.2) is 0 Å². The van der Waals surface area contributed by atoms with Crippen LogP contribution >= 0.6 is 0 Å². The Labute approximate surface area is 116 Å². The highest BCUT2D eigenvalue weighted by Crippen LogP contribution is 2.16. The summed E-state index contributed by atoms with van der Waals surface area (Å²) in [5.74, 6) is 0.959. The number of imidazole rings is 1. The molecule has 4 heteroatoms. The van der Waals surface area contributed by atoms with E-state index in [1.54, 1.807) is 0 Å². The van der Waals surface area contributed by atoms with E-state index in [2.05, 4.69) is 39.5 Å². The summed E-state index contributed by atoms with van der Waals surface area (Å²) < 4.78 is 2.23. The Balaban J connectivity index is 1.98. The van der Waals surface area contributed by atoms with Crippen LogP contribution in [-0.2, 0) is 6.54 Å². The summed E-state index contributed by atoms with van der Waals surface area (Å²) in [6.07, 6.45) is 8.07. The summed E-state index contributed by atoms with van der Waals surface area (Å²) in [6, 6.07) is 0.568. The Bertz CT molecular complexity index is 404. The Morgan fingerprint density at radius 2 is 2.16 bits per heavy atom. The second-order valence-electron chi connectivity index (χ2n) is 5.47. The summed E-state index contributed by atoms with van der Waals surface area (Å²) in [7, 11) is 0. The van der Waals surface area contributed by atoms with Gasteiger partial charge in [0.1, 0.15) is 0 Å². The lowest BCUT2D eigenvalue weighted by molar-refractivity contribution is 0.160. The minimum absolute atomic E-state index is 0.568. The molecule has 1 aromatic heterocycles. The predicted octanol–water partition coefficient (Wildman–Crippen LogP) is 2.66. The first-order valence-corrected chi connectivity index (χ1v) is 7.33. The number of hydrogen-bond acceptors (Lipinski definition) is 3. The van der Waals surface area contributed by atoms with Gasteiger partial charge in [-0.1, -0.05) is 12.5 Å². The highest BCUT2D eigenvalue weighted by Gasteiger charge is 2.18. The third-order valence-corrected chi connectivity index (χ3v) is 3.78. The Hall–Kier alpha value is -1.29. The van der Waals surface area contributed by atoms with Gasteiger partial charge < -0.3 is 9.88 Å². The van der Waals surface area contributed by atoms with Crippen LogP contribution in [0.3, 0.4) is 0 Å². The average molecular weight is 262 g/mol. The van der Waals surface area contributed by atoms with Crippen LogP contribution in [-0.4, -0.2) is 40.1 Å². The van der Waals surface area contributed by atoms with E-state index in [9.17, 15) is 0 Å². The quantitative estimate of drug-likeness (QED) is 0.800. The second-order valence-corrected chi connectivity index (χ2v) is 5.47. The van der Waals surface area contributed by atoms with Crippen molar-refractivity contribution >= 4 is 5.95 Å². The molecule has 0 aliphatic carbocycles. The second kappa shape index (κ2) is 6.75. The molecule has 0 spiro atoms. The maximum Gasteiger partial charge on any atom is 0.203 e. The van der Waals surface area contributed by atoms with Crippen molar-refractivity contribution in [3.05, 3.63) is 24.5 Å². The fraction of sp³-hybridized carbons (Fsp3) is 0.667. The Morgan fingerprint density at radius 1 is 1.42 bits per heavy atom. The fourth-order valence-electron chi connectivity index (χ4n) is 2.75. The van der Waals surface area contributed by atoms with Gasteiger partial charge in [-0.25, -0.2) is 4.98 Å². The van der Waals surface area contributed by atoms with Gasteiger partial charge in [-0.3, -0.25) is 4.90 Å². The molecule has 2 heterocycles. The maximum absolute atomic E-state index is 4.53. The van der Waals surface area contributed by atoms with Gasteiger partial charge in [0.25, 0.3) is 0 Å². The average Bonchev–Trinajstić information content (AvgIpc) is 2.77. The highest BCUT2D eigenvalue weighted by molar-refractivity contribution is 5.29. The molecule has 1 aliphatic rings. The molecule has 1 unspecified atom stereocenters. The molecule has 0 aromatic carbocycles. The zero-order valence-electron chi connectivity index (χ0n) is 12.2. The number of aryl methyl sites for hydroxylation is 1. The van der Waals surface area contributed by atoms with Crippen molar-refractivity contribution in [3.63, 3.8) is 0 Å². The van der Waals surface area contributed by atoms with E-state index in [1.165, 1.54) is 32.4 Å². The molecule has 1 atom stereocenters. The van der Waals surface area contributed by atoms with Crippen LogP contribution in [0.25, 0.3) is 0 Å². The van der Waals surface area contributed by atoms with E-state index in [0.717, 1.165) is 24.7 Å². The molecule has 1 aliphatic heterocycles. The predicted molar refractivity (Wildman–Crippen MR) is 80.5 cm³/mol. The third-order valence-electron chi connectivity index (χ3n) is 3.78. The zero-order chi connectivity index (χ0) is 13.7. The van der Waals surface area contributed by atoms with Crippen LogP contribution in [0.1, 0.15) is 31.9 Å². The third kappa shape index (κ3) is 3.83. The molecule has 1 saturated heterocycles. The first-order chi connectivity index (χ1) is 9.20. The van der Waals surface area contributed by atoms with Crippen LogP contribution in [0, 0.1) is 6.92 Å². The van der Waals surface area contributed by atoms with Gasteiger partial charge in [-0.05, 0) is 39.8 Å². The molecule has 0 radical (unpaired) electrons. The SMILES string of the molecule is C=CCNc1nc(C)cn1CC(C)N1CCCCC1. The topological polar surface area (TPSA) is 33.1 Å². The minimum Gasteiger partial charge on any atom is -0.352 e. The number of nitrogens with one attached hydrogen (secondary N) is 1. The van der Waals surface area contributed by atoms with Crippen molar-refractivity contribution in [3.8, 4) is 0 Å². The molecular formula is C15H26N4. The largest absolute Gasteiger partial charge is 0.352 e. The lowest BCUT2D eigenvalue weighted by Gasteiger charge is -2.32. The summed E-state index contributed by atoms with van der Waals surface area (Å²) in [6.45, 7) is 12.3. The Morgan fingerprint density at radius 3 is 2.84 bits per heavy atom. The molecule has 19 heavy (non-hydrogen) atoms. The molecule has 1 aromatic rings. The van der Waals surface area contributed by atoms with Gasteiger partial charge in [0, 0.05) is 25.3 Å². The van der Waals surface area contributed by atoms with Crippen molar-refractivity contribution < 1.29 is 0 Å². The molecule has 0 saturated carbocycles. The number of rotatable bonds is 6. The first kappa shape index (κ1) is 14.1. The highest BCUT2D eigenvalue weighted by atomic mass is 15.2. The van der Waals surface area contributed by atoms with Crippen LogP contribution < -0.4 is 5.32 Å². The monoisotopic (exact) mass is 262 g/mol. The van der Waals surface area contributed by atoms with Gasteiger partial charge in [-0.15, -0.1) is 6.58 Å². The number of likely N-dealkylation sites (tertiary alicyclic amines) is 1. The van der Waals surface area contributed by atoms with E-state index >= 15 is 0 Å². The van der Waals surface area contributed by atoms with E-state index in [4.69, 9.17) is 0 Å². The van der Waals surface area contributed by atoms with Crippen LogP contribution in [0.2, 0.25) is 0 Å². The van der Waals surface area contributed by atoms with Gasteiger partial charge in [0.2, 0.25) is 5.95 Å². The molecule has 0 bridgehead atoms. The maximum atomic E-state index is 4.53. The first-order valence-electron chi connectivity index (χ1n) is 7.33. The summed E-state index contributed by atoms with van der Waals surface area (Å²) in [4.78, 5) is 7.13. The lowest BCUT2D eigenvalue weighted by Crippen LogP contribution is -2.39. The minimum atomic E-state index is 0.568. The molecule has 4 nitrogen and oxygen atoms in total. The smallest absolute Gasteiger partial charge is 0.203 e. The number of hydrogen-bond donors (Lipinski definition) is 1. The molecule has 1 fully saturated rings. The van der Waals surface area contributed by atoms with Crippen molar-refractivity contribution in [2.75, 3.05) is 25.0 Å². The number of piperidine rings is 1. The summed E-state index contributed by atoms with van der Waals surface area (Å²) in [5.41, 5.74) is 1.07. The number of nitrogens with zero attached hydrogens (tertiary/aromatic N) is 3. The van der Waals surface area contributed by atoms with Crippen LogP contribution in [0.15, 0.2) is 18.9 Å². The van der Waals surface area contributed by atoms with Crippen molar-refractivity contribution in [2.45, 2.75) is 45.7 Å². The van der Waals surface area contributed by atoms with Crippen LogP contribution in [0.5, 0.6) is 0 Å². The number of anilines is 1.